The zero-order valence-corrected chi connectivity index (χ0v) is 16.8. The molecule has 28 heavy (non-hydrogen) atoms. The summed E-state index contributed by atoms with van der Waals surface area (Å²) in [7, 11) is 1.56. The Kier molecular flexibility index (Phi) is 5.18. The maximum absolute atomic E-state index is 13.0. The van der Waals surface area contributed by atoms with E-state index in [1.807, 2.05) is 45.0 Å². The monoisotopic (exact) mass is 380 g/mol. The Morgan fingerprint density at radius 1 is 1.14 bits per heavy atom. The average Bonchev–Trinajstić information content (AvgIpc) is 2.63. The molecular weight excluding hydrogens is 356 g/mol. The Bertz CT molecular complexity index is 1190. The largest absolute Gasteiger partial charge is 0.332 e. The van der Waals surface area contributed by atoms with Gasteiger partial charge < -0.3 is 4.90 Å². The Morgan fingerprint density at radius 2 is 1.86 bits per heavy atom. The predicted octanol–water partition coefficient (Wildman–Crippen LogP) is 2.07. The molecule has 1 amide bonds. The molecule has 0 bridgehead atoms. The summed E-state index contributed by atoms with van der Waals surface area (Å²) in [6, 6.07) is 9.36. The zero-order chi connectivity index (χ0) is 20.6. The lowest BCUT2D eigenvalue weighted by molar-refractivity contribution is -0.119. The lowest BCUT2D eigenvalue weighted by atomic mass is 10.1. The van der Waals surface area contributed by atoms with Crippen LogP contribution in [0.4, 0.5) is 5.69 Å². The summed E-state index contributed by atoms with van der Waals surface area (Å²) in [6.45, 7) is 7.54. The normalized spacial score (nSPS) is 11.0. The number of rotatable bonds is 4. The number of anilines is 1. The maximum Gasteiger partial charge on any atom is 0.332 e. The summed E-state index contributed by atoms with van der Waals surface area (Å²) in [6.07, 6.45) is 0. The van der Waals surface area contributed by atoms with Crippen LogP contribution in [0.5, 0.6) is 0 Å². The van der Waals surface area contributed by atoms with Gasteiger partial charge in [0.25, 0.3) is 5.56 Å². The molecule has 0 spiro atoms. The average molecular weight is 380 g/mol. The fourth-order valence-electron chi connectivity index (χ4n) is 3.48. The number of fused-ring (bicyclic) bond motifs is 1. The summed E-state index contributed by atoms with van der Waals surface area (Å²) in [4.78, 5) is 44.7. The van der Waals surface area contributed by atoms with Crippen molar-refractivity contribution in [1.29, 1.82) is 0 Å². The fraction of sp³-hybridized carbons (Fsp3) is 0.333. The summed E-state index contributed by atoms with van der Waals surface area (Å²) in [5.74, 6) is -0.315. The van der Waals surface area contributed by atoms with Crippen molar-refractivity contribution >= 4 is 22.6 Å². The van der Waals surface area contributed by atoms with E-state index in [0.717, 1.165) is 27.1 Å². The van der Waals surface area contributed by atoms with E-state index in [2.05, 4.69) is 4.98 Å². The van der Waals surface area contributed by atoms with Crippen molar-refractivity contribution < 1.29 is 4.79 Å². The highest BCUT2D eigenvalue weighted by Crippen LogP contribution is 2.16. The summed E-state index contributed by atoms with van der Waals surface area (Å²) >= 11 is 0. The number of carbonyl (C=O) groups excluding carboxylic acids is 1. The number of aromatic nitrogens is 3. The van der Waals surface area contributed by atoms with Crippen LogP contribution in [-0.4, -0.2) is 26.6 Å². The first-order chi connectivity index (χ1) is 13.2. The van der Waals surface area contributed by atoms with E-state index >= 15 is 0 Å². The first kappa shape index (κ1) is 19.5. The molecule has 3 rings (SSSR count). The summed E-state index contributed by atoms with van der Waals surface area (Å²) < 4.78 is 2.32. The van der Waals surface area contributed by atoms with Crippen LogP contribution in [0.3, 0.4) is 0 Å². The van der Waals surface area contributed by atoms with E-state index in [4.69, 9.17) is 0 Å². The number of likely N-dealkylation sites (N-methyl/N-ethyl adjacent to an activating group) is 1. The molecule has 2 heterocycles. The van der Waals surface area contributed by atoms with E-state index in [9.17, 15) is 14.4 Å². The van der Waals surface area contributed by atoms with E-state index < -0.39 is 11.2 Å². The molecule has 0 aliphatic carbocycles. The minimum Gasteiger partial charge on any atom is -0.311 e. The lowest BCUT2D eigenvalue weighted by Crippen LogP contribution is -2.45. The van der Waals surface area contributed by atoms with Crippen molar-refractivity contribution in [2.45, 2.75) is 34.2 Å². The third kappa shape index (κ3) is 3.35. The Morgan fingerprint density at radius 3 is 2.50 bits per heavy atom. The molecule has 0 saturated heterocycles. The molecule has 0 atom stereocenters. The van der Waals surface area contributed by atoms with E-state index in [0.29, 0.717) is 17.6 Å². The van der Waals surface area contributed by atoms with Gasteiger partial charge in [0.05, 0.1) is 5.39 Å². The lowest BCUT2D eigenvalue weighted by Gasteiger charge is -2.22. The second kappa shape index (κ2) is 7.42. The van der Waals surface area contributed by atoms with Crippen molar-refractivity contribution in [2.24, 2.45) is 7.05 Å². The van der Waals surface area contributed by atoms with Gasteiger partial charge in [-0.05, 0) is 57.0 Å². The highest BCUT2D eigenvalue weighted by Gasteiger charge is 2.20. The van der Waals surface area contributed by atoms with Gasteiger partial charge in [0.1, 0.15) is 12.2 Å². The zero-order valence-electron chi connectivity index (χ0n) is 16.8. The van der Waals surface area contributed by atoms with Crippen LogP contribution in [-0.2, 0) is 18.4 Å². The smallest absolute Gasteiger partial charge is 0.311 e. The number of nitrogens with zero attached hydrogens (tertiary/aromatic N) is 4. The third-order valence-corrected chi connectivity index (χ3v) is 4.84. The van der Waals surface area contributed by atoms with Crippen LogP contribution in [0.2, 0.25) is 0 Å². The molecule has 0 aliphatic heterocycles. The second-order valence-electron chi connectivity index (χ2n) is 6.99. The van der Waals surface area contributed by atoms with Gasteiger partial charge in [0.2, 0.25) is 5.91 Å². The molecule has 0 saturated carbocycles. The van der Waals surface area contributed by atoms with E-state index in [-0.39, 0.29) is 12.5 Å². The van der Waals surface area contributed by atoms with Crippen molar-refractivity contribution in [3.63, 3.8) is 0 Å². The molecule has 7 heteroatoms. The quantitative estimate of drug-likeness (QED) is 0.694. The first-order valence-corrected chi connectivity index (χ1v) is 9.19. The van der Waals surface area contributed by atoms with Gasteiger partial charge >= 0.3 is 5.69 Å². The minimum absolute atomic E-state index is 0.315. The van der Waals surface area contributed by atoms with Crippen molar-refractivity contribution in [2.75, 3.05) is 11.4 Å². The Labute approximate surface area is 162 Å². The van der Waals surface area contributed by atoms with E-state index in [1.54, 1.807) is 24.9 Å². The van der Waals surface area contributed by atoms with Gasteiger partial charge in [-0.2, -0.15) is 0 Å². The van der Waals surface area contributed by atoms with Gasteiger partial charge in [-0.25, -0.2) is 9.78 Å². The molecule has 0 aliphatic rings. The number of aryl methyl sites for hydroxylation is 4. The van der Waals surface area contributed by atoms with E-state index in [1.165, 1.54) is 4.57 Å². The SMILES string of the molecule is CCN(C(=O)Cn1c(=O)c2c(C)cc(C)nc2n(C)c1=O)c1cccc(C)c1. The molecule has 1 aromatic carbocycles. The molecule has 0 fully saturated rings. The topological polar surface area (TPSA) is 77.2 Å². The molecule has 0 N–H and O–H groups in total. The standard InChI is InChI=1S/C21H24N4O3/c1-6-24(16-9-7-8-13(2)10-16)17(26)12-25-20(27)18-14(3)11-15(4)22-19(18)23(5)21(25)28/h7-11H,6,12H2,1-5H3. The van der Waals surface area contributed by atoms with Crippen molar-refractivity contribution in [1.82, 2.24) is 14.1 Å². The maximum atomic E-state index is 13.0. The first-order valence-electron chi connectivity index (χ1n) is 9.19. The molecule has 0 unspecified atom stereocenters. The molecule has 0 radical (unpaired) electrons. The van der Waals surface area contributed by atoms with Crippen molar-refractivity contribution in [3.8, 4) is 0 Å². The molecule has 146 valence electrons. The third-order valence-electron chi connectivity index (χ3n) is 4.84. The number of amides is 1. The van der Waals surface area contributed by atoms with Gasteiger partial charge in [0.15, 0.2) is 0 Å². The van der Waals surface area contributed by atoms with Gasteiger partial charge in [-0.15, -0.1) is 0 Å². The predicted molar refractivity (Wildman–Crippen MR) is 110 cm³/mol. The van der Waals surface area contributed by atoms with Crippen LogP contribution in [0.25, 0.3) is 11.0 Å². The highest BCUT2D eigenvalue weighted by atomic mass is 16.2. The van der Waals surface area contributed by atoms with Crippen LogP contribution in [0.15, 0.2) is 39.9 Å². The van der Waals surface area contributed by atoms with Crippen molar-refractivity contribution in [3.05, 3.63) is 68.0 Å². The Balaban J connectivity index is 2.10. The molecule has 2 aromatic heterocycles. The summed E-state index contributed by atoms with van der Waals surface area (Å²) in [5, 5.41) is 0.360. The number of carbonyl (C=O) groups is 1. The van der Waals surface area contributed by atoms with Gasteiger partial charge in [-0.3, -0.25) is 18.7 Å². The minimum atomic E-state index is -0.552. The van der Waals surface area contributed by atoms with Crippen LogP contribution >= 0.6 is 0 Å². The number of hydrogen-bond acceptors (Lipinski definition) is 4. The van der Waals surface area contributed by atoms with Crippen LogP contribution < -0.4 is 16.1 Å². The van der Waals surface area contributed by atoms with Gasteiger partial charge in [0, 0.05) is 25.0 Å². The number of hydrogen-bond donors (Lipinski definition) is 0. The number of benzene rings is 1. The van der Waals surface area contributed by atoms with Crippen LogP contribution in [0, 0.1) is 20.8 Å². The molecular formula is C21H24N4O3. The second-order valence-corrected chi connectivity index (χ2v) is 6.99. The molecule has 7 nitrogen and oxygen atoms in total. The van der Waals surface area contributed by atoms with Gasteiger partial charge in [-0.1, -0.05) is 12.1 Å². The fourth-order valence-corrected chi connectivity index (χ4v) is 3.48. The van der Waals surface area contributed by atoms with Crippen LogP contribution in [0.1, 0.15) is 23.7 Å². The molecule has 3 aromatic rings. The Hall–Kier alpha value is -3.22. The summed E-state index contributed by atoms with van der Waals surface area (Å²) in [5.41, 5.74) is 2.52. The highest BCUT2D eigenvalue weighted by molar-refractivity contribution is 5.93. The number of pyridine rings is 1.